The van der Waals surface area contributed by atoms with Gasteiger partial charge in [0.2, 0.25) is 5.91 Å². The number of carbonyl (C=O) groups excluding carboxylic acids is 1. The summed E-state index contributed by atoms with van der Waals surface area (Å²) in [5.41, 5.74) is 1.14. The minimum absolute atomic E-state index is 0.103. The van der Waals surface area contributed by atoms with Gasteiger partial charge in [-0.15, -0.1) is 0 Å². The SMILES string of the molecule is O=C1NC[C@@H](c2ccc(Cl)cc2)C12CCC2. The summed E-state index contributed by atoms with van der Waals surface area (Å²) < 4.78 is 0. The highest BCUT2D eigenvalue weighted by Gasteiger charge is 2.54. The Hall–Kier alpha value is -1.02. The molecular formula is C13H14ClNO. The Balaban J connectivity index is 1.95. The molecule has 0 unspecified atom stereocenters. The van der Waals surface area contributed by atoms with Crippen LogP contribution in [0.15, 0.2) is 24.3 Å². The lowest BCUT2D eigenvalue weighted by atomic mass is 9.61. The molecule has 2 fully saturated rings. The zero-order chi connectivity index (χ0) is 11.2. The molecule has 1 atom stereocenters. The van der Waals surface area contributed by atoms with Crippen LogP contribution in [0.2, 0.25) is 5.02 Å². The fourth-order valence-corrected chi connectivity index (χ4v) is 3.12. The van der Waals surface area contributed by atoms with Crippen LogP contribution in [-0.2, 0) is 4.79 Å². The second kappa shape index (κ2) is 3.49. The van der Waals surface area contributed by atoms with Gasteiger partial charge >= 0.3 is 0 Å². The van der Waals surface area contributed by atoms with E-state index in [1.54, 1.807) is 0 Å². The van der Waals surface area contributed by atoms with Gasteiger partial charge < -0.3 is 5.32 Å². The van der Waals surface area contributed by atoms with Crippen molar-refractivity contribution in [2.45, 2.75) is 25.2 Å². The van der Waals surface area contributed by atoms with Crippen molar-refractivity contribution in [2.75, 3.05) is 6.54 Å². The van der Waals surface area contributed by atoms with Crippen molar-refractivity contribution in [2.24, 2.45) is 5.41 Å². The third kappa shape index (κ3) is 1.29. The van der Waals surface area contributed by atoms with Gasteiger partial charge in [-0.2, -0.15) is 0 Å². The third-order valence-electron chi connectivity index (χ3n) is 4.10. The summed E-state index contributed by atoms with van der Waals surface area (Å²) in [5.74, 6) is 0.588. The highest BCUT2D eigenvalue weighted by molar-refractivity contribution is 6.30. The molecule has 2 aliphatic rings. The zero-order valence-electron chi connectivity index (χ0n) is 9.00. The topological polar surface area (TPSA) is 29.1 Å². The highest BCUT2D eigenvalue weighted by Crippen LogP contribution is 2.54. The molecule has 3 rings (SSSR count). The van der Waals surface area contributed by atoms with Crippen molar-refractivity contribution >= 4 is 17.5 Å². The van der Waals surface area contributed by atoms with Crippen LogP contribution in [0.5, 0.6) is 0 Å². The van der Waals surface area contributed by atoms with Gasteiger partial charge in [0, 0.05) is 17.5 Å². The van der Waals surface area contributed by atoms with Crippen molar-refractivity contribution in [1.29, 1.82) is 0 Å². The monoisotopic (exact) mass is 235 g/mol. The molecule has 1 aromatic rings. The standard InChI is InChI=1S/C13H14ClNO/c14-10-4-2-9(3-5-10)11-8-15-12(16)13(11)6-1-7-13/h2-5,11H,1,6-8H2,(H,15,16)/t11-/m0/s1. The second-order valence-electron chi connectivity index (χ2n) is 4.82. The Morgan fingerprint density at radius 2 is 1.94 bits per heavy atom. The quantitative estimate of drug-likeness (QED) is 0.797. The predicted molar refractivity (Wildman–Crippen MR) is 63.5 cm³/mol. The van der Waals surface area contributed by atoms with Gasteiger partial charge in [0.1, 0.15) is 0 Å². The van der Waals surface area contributed by atoms with E-state index >= 15 is 0 Å². The second-order valence-corrected chi connectivity index (χ2v) is 5.26. The fourth-order valence-electron chi connectivity index (χ4n) is 2.99. The van der Waals surface area contributed by atoms with Gasteiger partial charge in [0.05, 0.1) is 5.41 Å². The van der Waals surface area contributed by atoms with E-state index in [9.17, 15) is 4.79 Å². The molecular weight excluding hydrogens is 222 g/mol. The van der Waals surface area contributed by atoms with Gasteiger partial charge in [-0.3, -0.25) is 4.79 Å². The van der Waals surface area contributed by atoms with Crippen molar-refractivity contribution in [3.8, 4) is 0 Å². The molecule has 0 bridgehead atoms. The number of rotatable bonds is 1. The Labute approximate surface area is 100.0 Å². The maximum absolute atomic E-state index is 11.9. The zero-order valence-corrected chi connectivity index (χ0v) is 9.76. The minimum atomic E-state index is -0.103. The predicted octanol–water partition coefficient (Wildman–Crippen LogP) is 2.72. The summed E-state index contributed by atoms with van der Waals surface area (Å²) in [6.07, 6.45) is 3.25. The number of halogens is 1. The maximum Gasteiger partial charge on any atom is 0.226 e. The van der Waals surface area contributed by atoms with E-state index in [1.807, 2.05) is 24.3 Å². The normalized spacial score (nSPS) is 26.6. The Bertz CT molecular complexity index is 422. The molecule has 84 valence electrons. The Kier molecular flexibility index (Phi) is 2.21. The summed E-state index contributed by atoms with van der Waals surface area (Å²) in [4.78, 5) is 11.9. The molecule has 2 nitrogen and oxygen atoms in total. The van der Waals surface area contributed by atoms with Gasteiger partial charge in [-0.05, 0) is 30.5 Å². The van der Waals surface area contributed by atoms with E-state index < -0.39 is 0 Å². The van der Waals surface area contributed by atoms with E-state index in [4.69, 9.17) is 11.6 Å². The minimum Gasteiger partial charge on any atom is -0.355 e. The molecule has 1 N–H and O–H groups in total. The van der Waals surface area contributed by atoms with Crippen molar-refractivity contribution < 1.29 is 4.79 Å². The van der Waals surface area contributed by atoms with Gasteiger partial charge in [-0.1, -0.05) is 30.2 Å². The Morgan fingerprint density at radius 1 is 1.25 bits per heavy atom. The average molecular weight is 236 g/mol. The first kappa shape index (κ1) is 10.2. The average Bonchev–Trinajstić information content (AvgIpc) is 2.56. The first-order chi connectivity index (χ1) is 7.72. The van der Waals surface area contributed by atoms with Crippen molar-refractivity contribution in [1.82, 2.24) is 5.32 Å². The van der Waals surface area contributed by atoms with E-state index in [-0.39, 0.29) is 11.3 Å². The van der Waals surface area contributed by atoms with Crippen LogP contribution in [0, 0.1) is 5.41 Å². The lowest BCUT2D eigenvalue weighted by Gasteiger charge is -2.40. The molecule has 1 amide bonds. The number of hydrogen-bond acceptors (Lipinski definition) is 1. The molecule has 1 aromatic carbocycles. The van der Waals surface area contributed by atoms with E-state index in [0.29, 0.717) is 5.92 Å². The van der Waals surface area contributed by atoms with Crippen molar-refractivity contribution in [3.05, 3.63) is 34.9 Å². The van der Waals surface area contributed by atoms with Gasteiger partial charge in [0.25, 0.3) is 0 Å². The summed E-state index contributed by atoms with van der Waals surface area (Å²) >= 11 is 5.88. The molecule has 0 aromatic heterocycles. The van der Waals surface area contributed by atoms with Crippen LogP contribution in [0.1, 0.15) is 30.7 Å². The molecule has 16 heavy (non-hydrogen) atoms. The number of carbonyl (C=O) groups is 1. The van der Waals surface area contributed by atoms with Crippen LogP contribution in [0.25, 0.3) is 0 Å². The van der Waals surface area contributed by atoms with Crippen LogP contribution in [-0.4, -0.2) is 12.5 Å². The van der Waals surface area contributed by atoms with E-state index in [1.165, 1.54) is 12.0 Å². The number of amides is 1. The number of nitrogens with one attached hydrogen (secondary N) is 1. The smallest absolute Gasteiger partial charge is 0.226 e. The summed E-state index contributed by atoms with van der Waals surface area (Å²) in [5, 5.41) is 3.76. The van der Waals surface area contributed by atoms with Gasteiger partial charge in [-0.25, -0.2) is 0 Å². The summed E-state index contributed by atoms with van der Waals surface area (Å²) in [6, 6.07) is 7.92. The number of benzene rings is 1. The molecule has 3 heteroatoms. The maximum atomic E-state index is 11.9. The largest absolute Gasteiger partial charge is 0.355 e. The number of hydrogen-bond donors (Lipinski definition) is 1. The molecule has 1 saturated heterocycles. The highest BCUT2D eigenvalue weighted by atomic mass is 35.5. The first-order valence-electron chi connectivity index (χ1n) is 5.76. The van der Waals surface area contributed by atoms with Crippen LogP contribution in [0.4, 0.5) is 0 Å². The van der Waals surface area contributed by atoms with E-state index in [2.05, 4.69) is 5.32 Å². The van der Waals surface area contributed by atoms with Gasteiger partial charge in [0.15, 0.2) is 0 Å². The fraction of sp³-hybridized carbons (Fsp3) is 0.462. The summed E-state index contributed by atoms with van der Waals surface area (Å²) in [7, 11) is 0. The molecule has 1 saturated carbocycles. The van der Waals surface area contributed by atoms with Crippen LogP contribution in [0.3, 0.4) is 0 Å². The first-order valence-corrected chi connectivity index (χ1v) is 6.14. The molecule has 0 radical (unpaired) electrons. The lowest BCUT2D eigenvalue weighted by Crippen LogP contribution is -2.40. The molecule has 1 spiro atoms. The van der Waals surface area contributed by atoms with E-state index in [0.717, 1.165) is 24.4 Å². The summed E-state index contributed by atoms with van der Waals surface area (Å²) in [6.45, 7) is 0.778. The van der Waals surface area contributed by atoms with Crippen LogP contribution < -0.4 is 5.32 Å². The molecule has 1 heterocycles. The third-order valence-corrected chi connectivity index (χ3v) is 4.36. The molecule has 1 aliphatic heterocycles. The Morgan fingerprint density at radius 3 is 2.50 bits per heavy atom. The van der Waals surface area contributed by atoms with Crippen molar-refractivity contribution in [3.63, 3.8) is 0 Å². The lowest BCUT2D eigenvalue weighted by molar-refractivity contribution is -0.132. The van der Waals surface area contributed by atoms with Crippen LogP contribution >= 0.6 is 11.6 Å². The molecule has 1 aliphatic carbocycles.